The van der Waals surface area contributed by atoms with Crippen LogP contribution in [0.5, 0.6) is 0 Å². The number of hydrogen-bond donors (Lipinski definition) is 3. The van der Waals surface area contributed by atoms with Gasteiger partial charge in [0.05, 0.1) is 0 Å². The summed E-state index contributed by atoms with van der Waals surface area (Å²) in [5.74, 6) is -2.09. The number of benzene rings is 2. The van der Waals surface area contributed by atoms with Crippen molar-refractivity contribution < 1.29 is 18.8 Å². The van der Waals surface area contributed by atoms with Crippen molar-refractivity contribution in [3.63, 3.8) is 0 Å². The molecule has 0 fully saturated rings. The van der Waals surface area contributed by atoms with Crippen molar-refractivity contribution in [2.24, 2.45) is 5.73 Å². The Balaban J connectivity index is 2.14. The Morgan fingerprint density at radius 3 is 2.18 bits per heavy atom. The molecule has 148 valence electrons. The molecule has 0 saturated heterocycles. The first-order valence-corrected chi connectivity index (χ1v) is 9.68. The van der Waals surface area contributed by atoms with Gasteiger partial charge in [-0.3, -0.25) is 14.4 Å². The highest BCUT2D eigenvalue weighted by Crippen LogP contribution is 2.11. The molecule has 0 aliphatic rings. The van der Waals surface area contributed by atoms with Gasteiger partial charge in [0.1, 0.15) is 17.9 Å². The van der Waals surface area contributed by atoms with E-state index in [0.717, 1.165) is 9.13 Å². The molecule has 6 nitrogen and oxygen atoms in total. The molecule has 2 atom stereocenters. The minimum absolute atomic E-state index is 0.0812. The number of carbonyl (C=O) groups excluding carboxylic acids is 3. The summed E-state index contributed by atoms with van der Waals surface area (Å²) < 4.78 is 14.4. The van der Waals surface area contributed by atoms with Gasteiger partial charge in [0.2, 0.25) is 17.7 Å². The smallest absolute Gasteiger partial charge is 0.243 e. The second-order valence-corrected chi connectivity index (χ2v) is 7.63. The maximum Gasteiger partial charge on any atom is 0.243 e. The van der Waals surface area contributed by atoms with E-state index < -0.39 is 35.6 Å². The molecule has 8 heteroatoms. The van der Waals surface area contributed by atoms with E-state index in [9.17, 15) is 18.8 Å². The summed E-state index contributed by atoms with van der Waals surface area (Å²) in [6, 6.07) is 11.4. The molecule has 2 rings (SSSR count). The molecule has 4 N–H and O–H groups in total. The molecule has 0 bridgehead atoms. The average Bonchev–Trinajstić information content (AvgIpc) is 2.60. The molecule has 2 aromatic carbocycles. The average molecular weight is 497 g/mol. The number of carbonyl (C=O) groups is 3. The van der Waals surface area contributed by atoms with Gasteiger partial charge in [-0.05, 0) is 58.0 Å². The van der Waals surface area contributed by atoms with Gasteiger partial charge in [-0.2, -0.15) is 0 Å². The van der Waals surface area contributed by atoms with Crippen molar-refractivity contribution in [1.82, 2.24) is 10.6 Å². The number of nitrogens with two attached hydrogens (primary N) is 1. The molecule has 0 aliphatic heterocycles. The Labute approximate surface area is 176 Å². The highest BCUT2D eigenvalue weighted by Gasteiger charge is 2.25. The second-order valence-electron chi connectivity index (χ2n) is 6.38. The highest BCUT2D eigenvalue weighted by molar-refractivity contribution is 14.1. The molecule has 0 unspecified atom stereocenters. The lowest BCUT2D eigenvalue weighted by Crippen LogP contribution is -2.54. The normalized spacial score (nSPS) is 12.7. The molecule has 0 saturated carbocycles. The SMILES string of the molecule is CC(=O)N[C@@H](Cc1cccc(F)c1)C(=O)N[C@@H](Cc1cccc(I)c1)C(N)=O. The summed E-state index contributed by atoms with van der Waals surface area (Å²) in [7, 11) is 0. The van der Waals surface area contributed by atoms with E-state index in [1.807, 2.05) is 24.3 Å². The van der Waals surface area contributed by atoms with E-state index in [2.05, 4.69) is 33.2 Å². The monoisotopic (exact) mass is 497 g/mol. The van der Waals surface area contributed by atoms with Crippen LogP contribution < -0.4 is 16.4 Å². The fraction of sp³-hybridized carbons (Fsp3) is 0.250. The third-order valence-corrected chi connectivity index (χ3v) is 4.68. The lowest BCUT2D eigenvalue weighted by atomic mass is 10.0. The summed E-state index contributed by atoms with van der Waals surface area (Å²) >= 11 is 2.15. The third kappa shape index (κ3) is 6.91. The maximum absolute atomic E-state index is 13.4. The van der Waals surface area contributed by atoms with Crippen LogP contribution in [0.3, 0.4) is 0 Å². The summed E-state index contributed by atoms with van der Waals surface area (Å²) in [6.45, 7) is 1.28. The van der Waals surface area contributed by atoms with Crippen LogP contribution >= 0.6 is 22.6 Å². The Hall–Kier alpha value is -2.49. The van der Waals surface area contributed by atoms with Crippen molar-refractivity contribution >= 4 is 40.3 Å². The van der Waals surface area contributed by atoms with Crippen molar-refractivity contribution in [2.75, 3.05) is 0 Å². The lowest BCUT2D eigenvalue weighted by Gasteiger charge is -2.22. The van der Waals surface area contributed by atoms with Crippen LogP contribution in [0.1, 0.15) is 18.1 Å². The van der Waals surface area contributed by atoms with Crippen LogP contribution in [0.15, 0.2) is 48.5 Å². The van der Waals surface area contributed by atoms with Crippen LogP contribution in [0.2, 0.25) is 0 Å². The van der Waals surface area contributed by atoms with Gasteiger partial charge in [0, 0.05) is 23.3 Å². The molecule has 0 aromatic heterocycles. The minimum Gasteiger partial charge on any atom is -0.368 e. The molecule has 28 heavy (non-hydrogen) atoms. The van der Waals surface area contributed by atoms with Gasteiger partial charge in [-0.1, -0.05) is 24.3 Å². The van der Waals surface area contributed by atoms with Gasteiger partial charge in [-0.25, -0.2) is 4.39 Å². The molecule has 0 radical (unpaired) electrons. The summed E-state index contributed by atoms with van der Waals surface area (Å²) in [6.07, 6.45) is 0.308. The van der Waals surface area contributed by atoms with Gasteiger partial charge in [-0.15, -0.1) is 0 Å². The predicted molar refractivity (Wildman–Crippen MR) is 112 cm³/mol. The molecule has 0 heterocycles. The van der Waals surface area contributed by atoms with E-state index in [4.69, 9.17) is 5.73 Å². The second kappa shape index (κ2) is 10.2. The van der Waals surface area contributed by atoms with E-state index in [0.29, 0.717) is 5.56 Å². The summed E-state index contributed by atoms with van der Waals surface area (Å²) in [4.78, 5) is 36.1. The lowest BCUT2D eigenvalue weighted by molar-refractivity contribution is -0.130. The van der Waals surface area contributed by atoms with Crippen molar-refractivity contribution in [3.8, 4) is 0 Å². The van der Waals surface area contributed by atoms with Crippen molar-refractivity contribution in [3.05, 3.63) is 69.0 Å². The third-order valence-electron chi connectivity index (χ3n) is 4.01. The number of rotatable bonds is 8. The van der Waals surface area contributed by atoms with Crippen molar-refractivity contribution in [2.45, 2.75) is 31.8 Å². The van der Waals surface area contributed by atoms with E-state index in [1.54, 1.807) is 6.07 Å². The van der Waals surface area contributed by atoms with E-state index in [1.165, 1.54) is 25.1 Å². The molecule has 0 aliphatic carbocycles. The van der Waals surface area contributed by atoms with Gasteiger partial charge >= 0.3 is 0 Å². The Morgan fingerprint density at radius 1 is 1.00 bits per heavy atom. The highest BCUT2D eigenvalue weighted by atomic mass is 127. The largest absolute Gasteiger partial charge is 0.368 e. The first-order chi connectivity index (χ1) is 13.2. The molecule has 2 aromatic rings. The van der Waals surface area contributed by atoms with Crippen LogP contribution in [0.4, 0.5) is 4.39 Å². The Kier molecular flexibility index (Phi) is 7.91. The zero-order valence-electron chi connectivity index (χ0n) is 15.2. The maximum atomic E-state index is 13.4. The first-order valence-electron chi connectivity index (χ1n) is 8.60. The fourth-order valence-electron chi connectivity index (χ4n) is 2.75. The standard InChI is InChI=1S/C20H21FIN3O3/c1-12(26)24-18(11-13-4-2-6-15(21)8-13)20(28)25-17(19(23)27)10-14-5-3-7-16(22)9-14/h2-9,17-18H,10-11H2,1H3,(H2,23,27)(H,24,26)(H,25,28)/t17-,18-/m0/s1. The van der Waals surface area contributed by atoms with Crippen molar-refractivity contribution in [1.29, 1.82) is 0 Å². The van der Waals surface area contributed by atoms with E-state index >= 15 is 0 Å². The van der Waals surface area contributed by atoms with Crippen LogP contribution in [-0.4, -0.2) is 29.8 Å². The number of primary amides is 1. The van der Waals surface area contributed by atoms with E-state index in [-0.39, 0.29) is 12.8 Å². The zero-order valence-corrected chi connectivity index (χ0v) is 17.4. The summed E-state index contributed by atoms with van der Waals surface area (Å²) in [5.41, 5.74) is 6.84. The number of halogens is 2. The quantitative estimate of drug-likeness (QED) is 0.484. The number of nitrogens with one attached hydrogen (secondary N) is 2. The van der Waals surface area contributed by atoms with Gasteiger partial charge in [0.25, 0.3) is 0 Å². The topological polar surface area (TPSA) is 101 Å². The Morgan fingerprint density at radius 2 is 1.61 bits per heavy atom. The van der Waals surface area contributed by atoms with Gasteiger partial charge in [0.15, 0.2) is 0 Å². The van der Waals surface area contributed by atoms with Gasteiger partial charge < -0.3 is 16.4 Å². The molecular formula is C20H21FIN3O3. The Bertz CT molecular complexity index is 875. The number of hydrogen-bond acceptors (Lipinski definition) is 3. The zero-order chi connectivity index (χ0) is 20.7. The minimum atomic E-state index is -0.961. The van der Waals surface area contributed by atoms with Crippen LogP contribution in [0, 0.1) is 9.39 Å². The summed E-state index contributed by atoms with van der Waals surface area (Å²) in [5, 5.41) is 5.14. The predicted octanol–water partition coefficient (Wildman–Crippen LogP) is 1.69. The van der Waals surface area contributed by atoms with Crippen LogP contribution in [-0.2, 0) is 27.2 Å². The molecule has 0 spiro atoms. The first kappa shape index (κ1) is 21.8. The number of amides is 3. The molecule has 3 amide bonds. The fourth-order valence-corrected chi connectivity index (χ4v) is 3.36. The molecular weight excluding hydrogens is 476 g/mol. The van der Waals surface area contributed by atoms with Crippen LogP contribution in [0.25, 0.3) is 0 Å².